The number of benzene rings is 2. The van der Waals surface area contributed by atoms with Crippen molar-refractivity contribution in [3.05, 3.63) is 65.2 Å². The maximum Gasteiger partial charge on any atom is 0.303 e. The summed E-state index contributed by atoms with van der Waals surface area (Å²) in [4.78, 5) is 23.3. The number of unbranched alkanes of at least 4 members (excludes halogenated alkanes) is 2. The van der Waals surface area contributed by atoms with Gasteiger partial charge in [-0.25, -0.2) is 0 Å². The molecular formula is C25H31NO4. The minimum Gasteiger partial charge on any atom is -0.491 e. The maximum atomic E-state index is 12.7. The predicted molar refractivity (Wildman–Crippen MR) is 121 cm³/mol. The van der Waals surface area contributed by atoms with Crippen LogP contribution in [-0.4, -0.2) is 23.6 Å². The molecular weight excluding hydrogens is 378 g/mol. The molecule has 0 aliphatic heterocycles. The highest BCUT2D eigenvalue weighted by atomic mass is 16.5. The van der Waals surface area contributed by atoms with Crippen LogP contribution < -0.4 is 10.1 Å². The Morgan fingerprint density at radius 1 is 1.07 bits per heavy atom. The Hall–Kier alpha value is -3.08. The van der Waals surface area contributed by atoms with Gasteiger partial charge in [0.25, 0.3) is 5.91 Å². The van der Waals surface area contributed by atoms with E-state index in [1.807, 2.05) is 30.3 Å². The third-order valence-electron chi connectivity index (χ3n) is 4.69. The summed E-state index contributed by atoms with van der Waals surface area (Å²) in [6.07, 6.45) is 6.98. The van der Waals surface area contributed by atoms with Crippen LogP contribution >= 0.6 is 0 Å². The number of carboxylic acids is 1. The monoisotopic (exact) mass is 409 g/mol. The minimum absolute atomic E-state index is 0.0495. The van der Waals surface area contributed by atoms with E-state index in [4.69, 9.17) is 9.84 Å². The molecule has 0 radical (unpaired) electrons. The van der Waals surface area contributed by atoms with Crippen molar-refractivity contribution < 1.29 is 19.4 Å². The average molecular weight is 410 g/mol. The van der Waals surface area contributed by atoms with Gasteiger partial charge in [-0.3, -0.25) is 9.59 Å². The smallest absolute Gasteiger partial charge is 0.303 e. The second kappa shape index (κ2) is 12.5. The van der Waals surface area contributed by atoms with Crippen molar-refractivity contribution in [2.45, 2.75) is 52.4 Å². The zero-order chi connectivity index (χ0) is 21.8. The molecule has 2 N–H and O–H groups in total. The molecule has 0 fully saturated rings. The van der Waals surface area contributed by atoms with Gasteiger partial charge in [0, 0.05) is 12.0 Å². The lowest BCUT2D eigenvalue weighted by atomic mass is 10.0. The first-order chi connectivity index (χ1) is 14.5. The summed E-state index contributed by atoms with van der Waals surface area (Å²) in [5, 5.41) is 11.6. The van der Waals surface area contributed by atoms with E-state index in [2.05, 4.69) is 24.4 Å². The number of amides is 1. The van der Waals surface area contributed by atoms with Gasteiger partial charge in [-0.1, -0.05) is 56.2 Å². The van der Waals surface area contributed by atoms with Crippen molar-refractivity contribution in [3.63, 3.8) is 0 Å². The van der Waals surface area contributed by atoms with Gasteiger partial charge < -0.3 is 15.2 Å². The molecule has 0 bridgehead atoms. The molecule has 160 valence electrons. The van der Waals surface area contributed by atoms with Gasteiger partial charge in [0.2, 0.25) is 0 Å². The third kappa shape index (κ3) is 8.11. The Labute approximate surface area is 178 Å². The SMILES string of the molecule is CCCCCc1cccc(/C=C(\C)C(=O)Nc2ccccc2OCCCC(=O)O)c1. The number of para-hydroxylation sites is 2. The van der Waals surface area contributed by atoms with Gasteiger partial charge in [0.15, 0.2) is 0 Å². The number of rotatable bonds is 12. The zero-order valence-corrected chi connectivity index (χ0v) is 17.8. The Morgan fingerprint density at radius 2 is 1.87 bits per heavy atom. The lowest BCUT2D eigenvalue weighted by Crippen LogP contribution is -2.14. The minimum atomic E-state index is -0.851. The lowest BCUT2D eigenvalue weighted by molar-refractivity contribution is -0.137. The van der Waals surface area contributed by atoms with Crippen molar-refractivity contribution in [3.8, 4) is 5.75 Å². The van der Waals surface area contributed by atoms with Crippen molar-refractivity contribution in [1.29, 1.82) is 0 Å². The van der Waals surface area contributed by atoms with Crippen molar-refractivity contribution >= 4 is 23.6 Å². The zero-order valence-electron chi connectivity index (χ0n) is 17.8. The van der Waals surface area contributed by atoms with Crippen LogP contribution in [0.5, 0.6) is 5.75 Å². The highest BCUT2D eigenvalue weighted by Gasteiger charge is 2.10. The van der Waals surface area contributed by atoms with Crippen molar-refractivity contribution in [2.24, 2.45) is 0 Å². The van der Waals surface area contributed by atoms with Crippen molar-refractivity contribution in [1.82, 2.24) is 0 Å². The fourth-order valence-electron chi connectivity index (χ4n) is 3.06. The van der Waals surface area contributed by atoms with Crippen LogP contribution in [0.2, 0.25) is 0 Å². The quantitative estimate of drug-likeness (QED) is 0.348. The number of aliphatic carboxylic acids is 1. The van der Waals surface area contributed by atoms with Gasteiger partial charge in [0.05, 0.1) is 12.3 Å². The molecule has 0 aliphatic rings. The number of hydrogen-bond acceptors (Lipinski definition) is 3. The molecule has 0 heterocycles. The Kier molecular flexibility index (Phi) is 9.65. The molecule has 0 saturated heterocycles. The van der Waals surface area contributed by atoms with Gasteiger partial charge in [-0.05, 0) is 55.5 Å². The summed E-state index contributed by atoms with van der Waals surface area (Å²) >= 11 is 0. The van der Waals surface area contributed by atoms with Crippen LogP contribution in [0.25, 0.3) is 6.08 Å². The fraction of sp³-hybridized carbons (Fsp3) is 0.360. The lowest BCUT2D eigenvalue weighted by Gasteiger charge is -2.12. The van der Waals surface area contributed by atoms with E-state index in [1.165, 1.54) is 24.8 Å². The summed E-state index contributed by atoms with van der Waals surface area (Å²) in [6.45, 7) is 4.26. The highest BCUT2D eigenvalue weighted by Crippen LogP contribution is 2.25. The molecule has 2 aromatic rings. The molecule has 30 heavy (non-hydrogen) atoms. The van der Waals surface area contributed by atoms with E-state index in [0.717, 1.165) is 12.0 Å². The molecule has 2 aromatic carbocycles. The topological polar surface area (TPSA) is 75.6 Å². The Balaban J connectivity index is 2.00. The van der Waals surface area contributed by atoms with Crippen LogP contribution in [0.15, 0.2) is 54.1 Å². The molecule has 1 amide bonds. The van der Waals surface area contributed by atoms with Crippen LogP contribution in [0.1, 0.15) is 57.1 Å². The number of hydrogen-bond donors (Lipinski definition) is 2. The molecule has 0 aliphatic carbocycles. The molecule has 0 saturated carbocycles. The largest absolute Gasteiger partial charge is 0.491 e. The van der Waals surface area contributed by atoms with Crippen LogP contribution in [0.4, 0.5) is 5.69 Å². The third-order valence-corrected chi connectivity index (χ3v) is 4.69. The summed E-state index contributed by atoms with van der Waals surface area (Å²) in [6, 6.07) is 15.4. The Morgan fingerprint density at radius 3 is 2.63 bits per heavy atom. The summed E-state index contributed by atoms with van der Waals surface area (Å²) < 4.78 is 5.65. The first-order valence-electron chi connectivity index (χ1n) is 10.5. The summed E-state index contributed by atoms with van der Waals surface area (Å²) in [5.41, 5.74) is 3.46. The van der Waals surface area contributed by atoms with Crippen LogP contribution in [-0.2, 0) is 16.0 Å². The van der Waals surface area contributed by atoms with Gasteiger partial charge in [0.1, 0.15) is 5.75 Å². The summed E-state index contributed by atoms with van der Waals surface area (Å²) in [5.74, 6) is -0.523. The van der Waals surface area contributed by atoms with Gasteiger partial charge in [-0.2, -0.15) is 0 Å². The molecule has 0 spiro atoms. The first kappa shape index (κ1) is 23.2. The van der Waals surface area contributed by atoms with E-state index >= 15 is 0 Å². The molecule has 0 aromatic heterocycles. The predicted octanol–water partition coefficient (Wildman–Crippen LogP) is 5.70. The number of ether oxygens (including phenoxy) is 1. The molecule has 2 rings (SSSR count). The number of carbonyl (C=O) groups is 2. The van der Waals surface area contributed by atoms with Gasteiger partial charge in [-0.15, -0.1) is 0 Å². The van der Waals surface area contributed by atoms with Crippen LogP contribution in [0, 0.1) is 0 Å². The molecule has 5 heteroatoms. The van der Waals surface area contributed by atoms with E-state index in [1.54, 1.807) is 19.1 Å². The first-order valence-corrected chi connectivity index (χ1v) is 10.5. The molecule has 5 nitrogen and oxygen atoms in total. The number of carboxylic acid groups (broad SMARTS) is 1. The molecule has 0 atom stereocenters. The van der Waals surface area contributed by atoms with E-state index in [-0.39, 0.29) is 18.9 Å². The van der Waals surface area contributed by atoms with E-state index < -0.39 is 5.97 Å². The van der Waals surface area contributed by atoms with E-state index in [9.17, 15) is 9.59 Å². The van der Waals surface area contributed by atoms with E-state index in [0.29, 0.717) is 23.4 Å². The second-order valence-electron chi connectivity index (χ2n) is 7.33. The van der Waals surface area contributed by atoms with Crippen molar-refractivity contribution in [2.75, 3.05) is 11.9 Å². The fourth-order valence-corrected chi connectivity index (χ4v) is 3.06. The number of aryl methyl sites for hydroxylation is 1. The Bertz CT molecular complexity index is 873. The number of anilines is 1. The van der Waals surface area contributed by atoms with Gasteiger partial charge >= 0.3 is 5.97 Å². The highest BCUT2D eigenvalue weighted by molar-refractivity contribution is 6.06. The average Bonchev–Trinajstić information content (AvgIpc) is 2.72. The molecule has 0 unspecified atom stereocenters. The standard InChI is InChI=1S/C25H31NO4/c1-3-4-5-10-20-11-8-12-21(18-20)17-19(2)25(29)26-22-13-6-7-14-23(22)30-16-9-15-24(27)28/h6-8,11-14,17-18H,3-5,9-10,15-16H2,1-2H3,(H,26,29)(H,27,28)/b19-17+. The second-order valence-corrected chi connectivity index (χ2v) is 7.33. The number of carbonyl (C=O) groups excluding carboxylic acids is 1. The number of nitrogens with one attached hydrogen (secondary N) is 1. The maximum absolute atomic E-state index is 12.7. The normalized spacial score (nSPS) is 11.2. The summed E-state index contributed by atoms with van der Waals surface area (Å²) in [7, 11) is 0. The van der Waals surface area contributed by atoms with Crippen LogP contribution in [0.3, 0.4) is 0 Å².